The zero-order chi connectivity index (χ0) is 13.0. The second kappa shape index (κ2) is 6.12. The molecule has 3 N–H and O–H groups in total. The van der Waals surface area contributed by atoms with Gasteiger partial charge in [-0.3, -0.25) is 4.79 Å². The fraction of sp³-hybridized carbons (Fsp3) is 0.667. The average Bonchev–Trinajstić information content (AvgIpc) is 2.63. The zero-order valence-corrected chi connectivity index (χ0v) is 11.7. The lowest BCUT2D eigenvalue weighted by atomic mass is 10.0. The topological polar surface area (TPSA) is 68.0 Å². The second-order valence-corrected chi connectivity index (χ2v) is 6.04. The molecule has 1 rings (SSSR count). The highest BCUT2D eigenvalue weighted by Crippen LogP contribution is 2.19. The lowest BCUT2D eigenvalue weighted by Gasteiger charge is -2.17. The molecule has 1 aromatic heterocycles. The molecule has 0 bridgehead atoms. The van der Waals surface area contributed by atoms with Crippen LogP contribution in [0.5, 0.6) is 0 Å². The molecular formula is C12H21N3OS. The maximum absolute atomic E-state index is 11.8. The Labute approximate surface area is 107 Å². The van der Waals surface area contributed by atoms with E-state index < -0.39 is 6.04 Å². The number of thiazole rings is 1. The number of aromatic nitrogens is 1. The van der Waals surface area contributed by atoms with Crippen LogP contribution in [0.4, 0.5) is 0 Å². The van der Waals surface area contributed by atoms with Crippen molar-refractivity contribution in [2.24, 2.45) is 11.7 Å². The molecule has 0 saturated heterocycles. The maximum Gasteiger partial charge on any atom is 0.237 e. The summed E-state index contributed by atoms with van der Waals surface area (Å²) in [6.07, 6.45) is 2.52. The van der Waals surface area contributed by atoms with Crippen LogP contribution >= 0.6 is 11.3 Å². The van der Waals surface area contributed by atoms with Crippen LogP contribution in [0.25, 0.3) is 0 Å². The Bertz CT molecular complexity index is 376. The van der Waals surface area contributed by atoms with Gasteiger partial charge in [-0.05, 0) is 26.2 Å². The van der Waals surface area contributed by atoms with Gasteiger partial charge in [-0.2, -0.15) is 0 Å². The van der Waals surface area contributed by atoms with Gasteiger partial charge in [0.15, 0.2) is 0 Å². The average molecular weight is 255 g/mol. The minimum absolute atomic E-state index is 0.0700. The van der Waals surface area contributed by atoms with E-state index in [2.05, 4.69) is 24.1 Å². The lowest BCUT2D eigenvalue weighted by molar-refractivity contribution is -0.123. The Hall–Kier alpha value is -0.940. The van der Waals surface area contributed by atoms with E-state index in [1.54, 1.807) is 11.3 Å². The van der Waals surface area contributed by atoms with Crippen molar-refractivity contribution in [2.45, 2.75) is 46.2 Å². The molecule has 0 spiro atoms. The summed E-state index contributed by atoms with van der Waals surface area (Å²) in [6, 6.07) is -0.502. The maximum atomic E-state index is 11.8. The monoisotopic (exact) mass is 255 g/mol. The quantitative estimate of drug-likeness (QED) is 0.845. The summed E-state index contributed by atoms with van der Waals surface area (Å²) in [6.45, 7) is 8.04. The van der Waals surface area contributed by atoms with Crippen LogP contribution in [0.2, 0.25) is 0 Å². The SMILES string of the molecule is Cc1cnc(C(C)NC(=O)[C@@H](N)CC(C)C)s1. The Morgan fingerprint density at radius 3 is 2.65 bits per heavy atom. The molecule has 1 unspecified atom stereocenters. The van der Waals surface area contributed by atoms with Gasteiger partial charge in [-0.15, -0.1) is 11.3 Å². The highest BCUT2D eigenvalue weighted by atomic mass is 32.1. The van der Waals surface area contributed by atoms with E-state index in [1.165, 1.54) is 0 Å². The first-order valence-electron chi connectivity index (χ1n) is 5.88. The highest BCUT2D eigenvalue weighted by Gasteiger charge is 2.18. The summed E-state index contributed by atoms with van der Waals surface area (Å²) in [7, 11) is 0. The molecular weight excluding hydrogens is 234 g/mol. The van der Waals surface area contributed by atoms with E-state index in [1.807, 2.05) is 20.0 Å². The Balaban J connectivity index is 2.51. The first-order valence-corrected chi connectivity index (χ1v) is 6.70. The van der Waals surface area contributed by atoms with Gasteiger partial charge in [0.05, 0.1) is 12.1 Å². The molecule has 0 aromatic carbocycles. The largest absolute Gasteiger partial charge is 0.346 e. The summed E-state index contributed by atoms with van der Waals surface area (Å²) in [5, 5.41) is 3.82. The smallest absolute Gasteiger partial charge is 0.237 e. The summed E-state index contributed by atoms with van der Waals surface area (Å²) in [5.41, 5.74) is 5.82. The minimum atomic E-state index is -0.432. The number of nitrogens with two attached hydrogens (primary N) is 1. The number of carbonyl (C=O) groups is 1. The molecule has 1 amide bonds. The van der Waals surface area contributed by atoms with Crippen LogP contribution in [0.3, 0.4) is 0 Å². The van der Waals surface area contributed by atoms with E-state index in [-0.39, 0.29) is 11.9 Å². The van der Waals surface area contributed by atoms with Crippen molar-refractivity contribution in [3.63, 3.8) is 0 Å². The van der Waals surface area contributed by atoms with Crippen LogP contribution in [-0.4, -0.2) is 16.9 Å². The van der Waals surface area contributed by atoms with Gasteiger partial charge < -0.3 is 11.1 Å². The van der Waals surface area contributed by atoms with E-state index in [0.29, 0.717) is 12.3 Å². The zero-order valence-electron chi connectivity index (χ0n) is 10.9. The fourth-order valence-electron chi connectivity index (χ4n) is 1.57. The standard InChI is InChI=1S/C12H21N3OS/c1-7(2)5-10(13)11(16)15-9(4)12-14-6-8(3)17-12/h6-7,9-10H,5,13H2,1-4H3,(H,15,16)/t9?,10-/m0/s1. The lowest BCUT2D eigenvalue weighted by Crippen LogP contribution is -2.42. The van der Waals surface area contributed by atoms with Gasteiger partial charge in [0.25, 0.3) is 0 Å². The summed E-state index contributed by atoms with van der Waals surface area (Å²) >= 11 is 1.60. The first kappa shape index (κ1) is 14.1. The molecule has 96 valence electrons. The van der Waals surface area contributed by atoms with E-state index >= 15 is 0 Å². The Morgan fingerprint density at radius 2 is 2.18 bits per heavy atom. The van der Waals surface area contributed by atoms with E-state index in [4.69, 9.17) is 5.73 Å². The molecule has 0 aliphatic rings. The number of aryl methyl sites for hydroxylation is 1. The number of nitrogens with one attached hydrogen (secondary N) is 1. The van der Waals surface area contributed by atoms with Crippen LogP contribution < -0.4 is 11.1 Å². The number of nitrogens with zero attached hydrogens (tertiary/aromatic N) is 1. The fourth-order valence-corrected chi connectivity index (χ4v) is 2.35. The van der Waals surface area contributed by atoms with Crippen LogP contribution in [0.15, 0.2) is 6.20 Å². The van der Waals surface area contributed by atoms with Crippen LogP contribution in [0.1, 0.15) is 43.1 Å². The molecule has 0 aliphatic heterocycles. The Morgan fingerprint density at radius 1 is 1.53 bits per heavy atom. The summed E-state index contributed by atoms with van der Waals surface area (Å²) in [4.78, 5) is 17.2. The number of hydrogen-bond acceptors (Lipinski definition) is 4. The van der Waals surface area contributed by atoms with Gasteiger partial charge in [-0.25, -0.2) is 4.98 Å². The van der Waals surface area contributed by atoms with Gasteiger partial charge in [0.2, 0.25) is 5.91 Å². The highest BCUT2D eigenvalue weighted by molar-refractivity contribution is 7.11. The van der Waals surface area contributed by atoms with Crippen LogP contribution in [0, 0.1) is 12.8 Å². The van der Waals surface area contributed by atoms with Gasteiger partial charge >= 0.3 is 0 Å². The third-order valence-electron chi connectivity index (χ3n) is 2.43. The van der Waals surface area contributed by atoms with Crippen molar-refractivity contribution in [1.29, 1.82) is 0 Å². The minimum Gasteiger partial charge on any atom is -0.346 e. The molecule has 0 radical (unpaired) electrons. The van der Waals surface area contributed by atoms with Crippen molar-refractivity contribution in [1.82, 2.24) is 10.3 Å². The first-order chi connectivity index (χ1) is 7.90. The third-order valence-corrected chi connectivity index (χ3v) is 3.53. The second-order valence-electron chi connectivity index (χ2n) is 4.78. The van der Waals surface area contributed by atoms with Crippen LogP contribution in [-0.2, 0) is 4.79 Å². The van der Waals surface area contributed by atoms with Gasteiger partial charge in [0.1, 0.15) is 5.01 Å². The molecule has 1 aromatic rings. The van der Waals surface area contributed by atoms with Crippen molar-refractivity contribution in [3.05, 3.63) is 16.1 Å². The molecule has 17 heavy (non-hydrogen) atoms. The number of hydrogen-bond donors (Lipinski definition) is 2. The summed E-state index contributed by atoms with van der Waals surface area (Å²) in [5.74, 6) is 0.326. The van der Waals surface area contributed by atoms with Crippen molar-refractivity contribution >= 4 is 17.2 Å². The third kappa shape index (κ3) is 4.44. The van der Waals surface area contributed by atoms with E-state index in [9.17, 15) is 4.79 Å². The number of rotatable bonds is 5. The number of amides is 1. The predicted octanol–water partition coefficient (Wildman–Crippen LogP) is 2.00. The number of carbonyl (C=O) groups excluding carboxylic acids is 1. The molecule has 2 atom stereocenters. The molecule has 0 fully saturated rings. The molecule has 1 heterocycles. The summed E-state index contributed by atoms with van der Waals surface area (Å²) < 4.78 is 0. The molecule has 5 heteroatoms. The van der Waals surface area contributed by atoms with E-state index in [0.717, 1.165) is 9.88 Å². The van der Waals surface area contributed by atoms with Crippen molar-refractivity contribution in [2.75, 3.05) is 0 Å². The molecule has 0 saturated carbocycles. The molecule has 0 aliphatic carbocycles. The van der Waals surface area contributed by atoms with Gasteiger partial charge in [-0.1, -0.05) is 13.8 Å². The molecule has 4 nitrogen and oxygen atoms in total. The normalized spacial score (nSPS) is 14.7. The van der Waals surface area contributed by atoms with Crippen molar-refractivity contribution < 1.29 is 4.79 Å². The van der Waals surface area contributed by atoms with Gasteiger partial charge in [0, 0.05) is 11.1 Å². The Kier molecular flexibility index (Phi) is 5.08. The predicted molar refractivity (Wildman–Crippen MR) is 70.8 cm³/mol. The van der Waals surface area contributed by atoms with Crippen molar-refractivity contribution in [3.8, 4) is 0 Å².